The lowest BCUT2D eigenvalue weighted by atomic mass is 9.91. The SMILES string of the molecule is CC(C)(C)C(=O)N1CCC(C(=O)OCC(=O)NC(Cc2ccccc2)c2ccccc2)CC1. The molecule has 1 atom stereocenters. The molecule has 1 saturated heterocycles. The van der Waals surface area contributed by atoms with Crippen LogP contribution in [0.2, 0.25) is 0 Å². The Labute approximate surface area is 196 Å². The second-order valence-electron chi connectivity index (χ2n) is 9.64. The van der Waals surface area contributed by atoms with E-state index in [1.807, 2.05) is 86.3 Å². The van der Waals surface area contributed by atoms with Gasteiger partial charge in [0.15, 0.2) is 6.61 Å². The summed E-state index contributed by atoms with van der Waals surface area (Å²) in [6.45, 7) is 6.46. The molecule has 6 heteroatoms. The molecule has 0 saturated carbocycles. The van der Waals surface area contributed by atoms with Crippen LogP contribution >= 0.6 is 0 Å². The molecule has 2 amide bonds. The van der Waals surface area contributed by atoms with Gasteiger partial charge in [0, 0.05) is 18.5 Å². The van der Waals surface area contributed by atoms with Gasteiger partial charge in [-0.05, 0) is 30.4 Å². The second kappa shape index (κ2) is 11.1. The fourth-order valence-corrected chi connectivity index (χ4v) is 4.07. The molecule has 176 valence electrons. The van der Waals surface area contributed by atoms with Gasteiger partial charge in [0.25, 0.3) is 5.91 Å². The number of likely N-dealkylation sites (tertiary alicyclic amines) is 1. The van der Waals surface area contributed by atoms with Crippen LogP contribution in [0.3, 0.4) is 0 Å². The van der Waals surface area contributed by atoms with Gasteiger partial charge in [-0.2, -0.15) is 0 Å². The van der Waals surface area contributed by atoms with Crippen molar-refractivity contribution in [1.29, 1.82) is 0 Å². The van der Waals surface area contributed by atoms with Crippen molar-refractivity contribution in [2.75, 3.05) is 19.7 Å². The third-order valence-corrected chi connectivity index (χ3v) is 5.92. The number of nitrogens with one attached hydrogen (secondary N) is 1. The summed E-state index contributed by atoms with van der Waals surface area (Å²) in [5, 5.41) is 3.01. The third kappa shape index (κ3) is 7.17. The van der Waals surface area contributed by atoms with Crippen molar-refractivity contribution >= 4 is 17.8 Å². The number of carbonyl (C=O) groups is 3. The van der Waals surface area contributed by atoms with Crippen LogP contribution < -0.4 is 5.32 Å². The molecule has 6 nitrogen and oxygen atoms in total. The van der Waals surface area contributed by atoms with Crippen LogP contribution in [0.1, 0.15) is 50.8 Å². The van der Waals surface area contributed by atoms with Gasteiger partial charge < -0.3 is 15.0 Å². The number of ether oxygens (including phenoxy) is 1. The quantitative estimate of drug-likeness (QED) is 0.649. The topological polar surface area (TPSA) is 75.7 Å². The Balaban J connectivity index is 1.51. The summed E-state index contributed by atoms with van der Waals surface area (Å²) in [6.07, 6.45) is 1.76. The molecule has 33 heavy (non-hydrogen) atoms. The number of nitrogens with zero attached hydrogens (tertiary/aromatic N) is 1. The molecular weight excluding hydrogens is 416 g/mol. The highest BCUT2D eigenvalue weighted by molar-refractivity contribution is 5.83. The van der Waals surface area contributed by atoms with Gasteiger partial charge in [0.2, 0.25) is 5.91 Å². The van der Waals surface area contributed by atoms with Gasteiger partial charge in [-0.3, -0.25) is 14.4 Å². The van der Waals surface area contributed by atoms with Gasteiger partial charge >= 0.3 is 5.97 Å². The van der Waals surface area contributed by atoms with Gasteiger partial charge in [-0.25, -0.2) is 0 Å². The predicted octanol–water partition coefficient (Wildman–Crippen LogP) is 3.91. The first-order valence-electron chi connectivity index (χ1n) is 11.6. The minimum Gasteiger partial charge on any atom is -0.455 e. The van der Waals surface area contributed by atoms with Gasteiger partial charge in [0.05, 0.1) is 12.0 Å². The fraction of sp³-hybridized carbons (Fsp3) is 0.444. The Kier molecular flexibility index (Phi) is 8.26. The van der Waals surface area contributed by atoms with E-state index < -0.39 is 5.41 Å². The molecule has 1 fully saturated rings. The minimum atomic E-state index is -0.430. The molecule has 1 unspecified atom stereocenters. The van der Waals surface area contributed by atoms with Crippen molar-refractivity contribution in [2.24, 2.45) is 11.3 Å². The van der Waals surface area contributed by atoms with Crippen molar-refractivity contribution in [3.05, 3.63) is 71.8 Å². The Hall–Kier alpha value is -3.15. The number of piperidine rings is 1. The average Bonchev–Trinajstić information content (AvgIpc) is 2.82. The van der Waals surface area contributed by atoms with Crippen LogP contribution in [0.15, 0.2) is 60.7 Å². The summed E-state index contributed by atoms with van der Waals surface area (Å²) in [7, 11) is 0. The second-order valence-corrected chi connectivity index (χ2v) is 9.64. The van der Waals surface area contributed by atoms with E-state index in [-0.39, 0.29) is 36.4 Å². The largest absolute Gasteiger partial charge is 0.455 e. The molecule has 1 heterocycles. The molecule has 0 aromatic heterocycles. The van der Waals surface area contributed by atoms with Crippen molar-refractivity contribution in [2.45, 2.75) is 46.1 Å². The molecule has 2 aromatic rings. The number of esters is 1. The third-order valence-electron chi connectivity index (χ3n) is 5.92. The summed E-state index contributed by atoms with van der Waals surface area (Å²) in [6, 6.07) is 19.5. The van der Waals surface area contributed by atoms with E-state index in [4.69, 9.17) is 4.74 Å². The number of benzene rings is 2. The first-order valence-corrected chi connectivity index (χ1v) is 11.6. The fourth-order valence-electron chi connectivity index (χ4n) is 4.07. The van der Waals surface area contributed by atoms with E-state index in [0.717, 1.165) is 11.1 Å². The summed E-state index contributed by atoms with van der Waals surface area (Å²) < 4.78 is 5.34. The highest BCUT2D eigenvalue weighted by atomic mass is 16.5. The van der Waals surface area contributed by atoms with E-state index >= 15 is 0 Å². The smallest absolute Gasteiger partial charge is 0.309 e. The van der Waals surface area contributed by atoms with Crippen LogP contribution in [0, 0.1) is 11.3 Å². The normalized spacial score (nSPS) is 15.5. The highest BCUT2D eigenvalue weighted by Gasteiger charge is 2.33. The summed E-state index contributed by atoms with van der Waals surface area (Å²) in [5.41, 5.74) is 1.68. The summed E-state index contributed by atoms with van der Waals surface area (Å²) >= 11 is 0. The molecule has 1 aliphatic rings. The van der Waals surface area contributed by atoms with Crippen LogP contribution in [0.5, 0.6) is 0 Å². The molecule has 3 rings (SSSR count). The summed E-state index contributed by atoms with van der Waals surface area (Å²) in [4.78, 5) is 39.4. The van der Waals surface area contributed by atoms with E-state index in [9.17, 15) is 14.4 Å². The standard InChI is InChI=1S/C27H34N2O4/c1-27(2,3)26(32)29-16-14-22(15-17-29)25(31)33-19-24(30)28-23(21-12-8-5-9-13-21)18-20-10-6-4-7-11-20/h4-13,22-23H,14-19H2,1-3H3,(H,28,30). The zero-order chi connectivity index (χ0) is 23.8. The molecule has 0 bridgehead atoms. The first kappa shape index (κ1) is 24.5. The first-order chi connectivity index (χ1) is 15.7. The van der Waals surface area contributed by atoms with E-state index in [2.05, 4.69) is 5.32 Å². The van der Waals surface area contributed by atoms with Crippen LogP contribution in [-0.4, -0.2) is 42.4 Å². The Morgan fingerprint density at radius 3 is 2.12 bits per heavy atom. The maximum Gasteiger partial charge on any atom is 0.309 e. The average molecular weight is 451 g/mol. The van der Waals surface area contributed by atoms with Crippen LogP contribution in [0.25, 0.3) is 0 Å². The molecule has 0 spiro atoms. The maximum absolute atomic E-state index is 12.6. The predicted molar refractivity (Wildman–Crippen MR) is 127 cm³/mol. The lowest BCUT2D eigenvalue weighted by Crippen LogP contribution is -2.45. The van der Waals surface area contributed by atoms with Crippen molar-refractivity contribution in [3.8, 4) is 0 Å². The van der Waals surface area contributed by atoms with Crippen molar-refractivity contribution in [3.63, 3.8) is 0 Å². The van der Waals surface area contributed by atoms with Crippen LogP contribution in [0.4, 0.5) is 0 Å². The number of rotatable bonds is 7. The molecule has 0 aliphatic carbocycles. The highest BCUT2D eigenvalue weighted by Crippen LogP contribution is 2.24. The molecule has 1 aliphatic heterocycles. The van der Waals surface area contributed by atoms with E-state index in [1.165, 1.54) is 0 Å². The number of hydrogen-bond acceptors (Lipinski definition) is 4. The molecule has 0 radical (unpaired) electrons. The van der Waals surface area contributed by atoms with Crippen molar-refractivity contribution in [1.82, 2.24) is 10.2 Å². The molecule has 1 N–H and O–H groups in total. The number of hydrogen-bond donors (Lipinski definition) is 1. The van der Waals surface area contributed by atoms with Crippen LogP contribution in [-0.2, 0) is 25.5 Å². The van der Waals surface area contributed by atoms with Gasteiger partial charge in [0.1, 0.15) is 0 Å². The van der Waals surface area contributed by atoms with E-state index in [0.29, 0.717) is 32.4 Å². The minimum absolute atomic E-state index is 0.0964. The monoisotopic (exact) mass is 450 g/mol. The Morgan fingerprint density at radius 2 is 1.55 bits per heavy atom. The lowest BCUT2D eigenvalue weighted by Gasteiger charge is -2.34. The van der Waals surface area contributed by atoms with Crippen molar-refractivity contribution < 1.29 is 19.1 Å². The lowest BCUT2D eigenvalue weighted by molar-refractivity contribution is -0.155. The number of carbonyl (C=O) groups excluding carboxylic acids is 3. The zero-order valence-electron chi connectivity index (χ0n) is 19.8. The summed E-state index contributed by atoms with van der Waals surface area (Å²) in [5.74, 6) is -0.879. The van der Waals surface area contributed by atoms with Gasteiger partial charge in [-0.1, -0.05) is 81.4 Å². The molecule has 2 aromatic carbocycles. The maximum atomic E-state index is 12.6. The Bertz CT molecular complexity index is 930. The number of amides is 2. The van der Waals surface area contributed by atoms with Gasteiger partial charge in [-0.15, -0.1) is 0 Å². The van der Waals surface area contributed by atoms with E-state index in [1.54, 1.807) is 0 Å². The Morgan fingerprint density at radius 1 is 0.970 bits per heavy atom. The zero-order valence-corrected chi connectivity index (χ0v) is 19.8. The molecular formula is C27H34N2O4.